The van der Waals surface area contributed by atoms with Crippen molar-refractivity contribution in [3.63, 3.8) is 0 Å². The molecule has 1 amide bonds. The van der Waals surface area contributed by atoms with Gasteiger partial charge in [-0.1, -0.05) is 0 Å². The molecule has 1 saturated heterocycles. The molecule has 1 heterocycles. The standard InChI is InChI=1S/C8H13NO4/c1-12-6-4(3-10)2-5-7(6)13-8(11)9-5/h4-7,10H,2-3H2,1H3,(H,9,11). The molecule has 4 atom stereocenters. The number of rotatable bonds is 2. The summed E-state index contributed by atoms with van der Waals surface area (Å²) in [6, 6.07) is 0.00889. The Balaban J connectivity index is 2.09. The Bertz CT molecular complexity index is 220. The smallest absolute Gasteiger partial charge is 0.407 e. The van der Waals surface area contributed by atoms with Gasteiger partial charge < -0.3 is 19.9 Å². The van der Waals surface area contributed by atoms with E-state index >= 15 is 0 Å². The average molecular weight is 187 g/mol. The minimum Gasteiger partial charge on any atom is -0.441 e. The molecule has 2 aliphatic rings. The van der Waals surface area contributed by atoms with E-state index in [1.54, 1.807) is 7.11 Å². The fourth-order valence-electron chi connectivity index (χ4n) is 2.20. The van der Waals surface area contributed by atoms with Gasteiger partial charge in [-0.15, -0.1) is 0 Å². The van der Waals surface area contributed by atoms with Gasteiger partial charge in [-0.05, 0) is 6.42 Å². The normalized spacial score (nSPS) is 42.8. The molecule has 1 saturated carbocycles. The predicted molar refractivity (Wildman–Crippen MR) is 43.2 cm³/mol. The van der Waals surface area contributed by atoms with E-state index < -0.39 is 0 Å². The molecule has 4 unspecified atom stereocenters. The summed E-state index contributed by atoms with van der Waals surface area (Å²) in [4.78, 5) is 10.9. The minimum absolute atomic E-state index is 0.00889. The molecule has 0 aromatic heterocycles. The molecule has 1 aliphatic carbocycles. The van der Waals surface area contributed by atoms with Crippen LogP contribution in [0.5, 0.6) is 0 Å². The minimum atomic E-state index is -0.381. The van der Waals surface area contributed by atoms with Crippen molar-refractivity contribution in [1.82, 2.24) is 5.32 Å². The quantitative estimate of drug-likeness (QED) is 0.611. The second-order valence-electron chi connectivity index (χ2n) is 3.50. The first-order valence-electron chi connectivity index (χ1n) is 4.37. The van der Waals surface area contributed by atoms with Crippen LogP contribution in [0.25, 0.3) is 0 Å². The second-order valence-corrected chi connectivity index (χ2v) is 3.50. The van der Waals surface area contributed by atoms with E-state index in [0.29, 0.717) is 0 Å². The van der Waals surface area contributed by atoms with Crippen molar-refractivity contribution in [3.8, 4) is 0 Å². The Kier molecular flexibility index (Phi) is 2.13. The molecule has 5 nitrogen and oxygen atoms in total. The third-order valence-electron chi connectivity index (χ3n) is 2.79. The van der Waals surface area contributed by atoms with Gasteiger partial charge in [0, 0.05) is 19.6 Å². The van der Waals surface area contributed by atoms with Gasteiger partial charge >= 0.3 is 6.09 Å². The lowest BCUT2D eigenvalue weighted by molar-refractivity contribution is -0.0218. The van der Waals surface area contributed by atoms with Crippen LogP contribution in [0, 0.1) is 5.92 Å². The summed E-state index contributed by atoms with van der Waals surface area (Å²) in [5.74, 6) is 0.0700. The summed E-state index contributed by atoms with van der Waals surface area (Å²) < 4.78 is 10.2. The third-order valence-corrected chi connectivity index (χ3v) is 2.79. The van der Waals surface area contributed by atoms with Crippen LogP contribution < -0.4 is 5.32 Å². The number of carbonyl (C=O) groups is 1. The van der Waals surface area contributed by atoms with Crippen molar-refractivity contribution in [2.24, 2.45) is 5.92 Å². The first kappa shape index (κ1) is 8.77. The highest BCUT2D eigenvalue weighted by Crippen LogP contribution is 2.33. The Morgan fingerprint density at radius 1 is 1.77 bits per heavy atom. The number of methoxy groups -OCH3 is 1. The molecule has 2 rings (SSSR count). The largest absolute Gasteiger partial charge is 0.441 e. The van der Waals surface area contributed by atoms with E-state index in [0.717, 1.165) is 6.42 Å². The van der Waals surface area contributed by atoms with Crippen molar-refractivity contribution in [3.05, 3.63) is 0 Å². The lowest BCUT2D eigenvalue weighted by Gasteiger charge is -2.19. The van der Waals surface area contributed by atoms with Gasteiger partial charge in [0.2, 0.25) is 0 Å². The Morgan fingerprint density at radius 2 is 2.54 bits per heavy atom. The number of alkyl carbamates (subject to hydrolysis) is 1. The molecule has 5 heteroatoms. The van der Waals surface area contributed by atoms with E-state index in [-0.39, 0.29) is 36.9 Å². The summed E-state index contributed by atoms with van der Waals surface area (Å²) in [5.41, 5.74) is 0. The predicted octanol–water partition coefficient (Wildman–Crippen LogP) is -0.509. The average Bonchev–Trinajstić information content (AvgIpc) is 2.59. The first-order chi connectivity index (χ1) is 6.26. The van der Waals surface area contributed by atoms with Crippen molar-refractivity contribution < 1.29 is 19.4 Å². The maximum absolute atomic E-state index is 10.9. The SMILES string of the molecule is COC1C(CO)CC2NC(=O)OC21. The molecule has 0 radical (unpaired) electrons. The molecular formula is C8H13NO4. The zero-order valence-electron chi connectivity index (χ0n) is 7.40. The molecule has 13 heavy (non-hydrogen) atoms. The Hall–Kier alpha value is -0.810. The number of carbonyl (C=O) groups excluding carboxylic acids is 1. The molecular weight excluding hydrogens is 174 g/mol. The molecule has 0 aromatic rings. The highest BCUT2D eigenvalue weighted by atomic mass is 16.6. The summed E-state index contributed by atoms with van der Waals surface area (Å²) >= 11 is 0. The van der Waals surface area contributed by atoms with Gasteiger partial charge in [0.05, 0.1) is 6.04 Å². The van der Waals surface area contributed by atoms with Crippen LogP contribution in [0.1, 0.15) is 6.42 Å². The number of aliphatic hydroxyl groups is 1. The van der Waals surface area contributed by atoms with E-state index in [9.17, 15) is 4.79 Å². The van der Waals surface area contributed by atoms with E-state index in [4.69, 9.17) is 14.6 Å². The van der Waals surface area contributed by atoms with Crippen molar-refractivity contribution in [2.45, 2.75) is 24.7 Å². The number of aliphatic hydroxyl groups excluding tert-OH is 1. The third kappa shape index (κ3) is 1.28. The van der Waals surface area contributed by atoms with Crippen LogP contribution in [0.2, 0.25) is 0 Å². The zero-order chi connectivity index (χ0) is 9.42. The number of amides is 1. The van der Waals surface area contributed by atoms with E-state index in [2.05, 4.69) is 5.32 Å². The highest BCUT2D eigenvalue weighted by molar-refractivity contribution is 5.70. The molecule has 0 bridgehead atoms. The molecule has 1 aliphatic heterocycles. The fraction of sp³-hybridized carbons (Fsp3) is 0.875. The number of hydrogen-bond acceptors (Lipinski definition) is 4. The number of hydrogen-bond donors (Lipinski definition) is 2. The van der Waals surface area contributed by atoms with Crippen molar-refractivity contribution in [1.29, 1.82) is 0 Å². The van der Waals surface area contributed by atoms with Gasteiger partial charge in [-0.3, -0.25) is 0 Å². The van der Waals surface area contributed by atoms with E-state index in [1.165, 1.54) is 0 Å². The summed E-state index contributed by atoms with van der Waals surface area (Å²) in [7, 11) is 1.57. The Labute approximate surface area is 76.0 Å². The fourth-order valence-corrected chi connectivity index (χ4v) is 2.20. The van der Waals surface area contributed by atoms with Gasteiger partial charge in [0.15, 0.2) is 6.10 Å². The lowest BCUT2D eigenvalue weighted by Crippen LogP contribution is -2.33. The van der Waals surface area contributed by atoms with Crippen LogP contribution in [0.15, 0.2) is 0 Å². The van der Waals surface area contributed by atoms with Gasteiger partial charge in [-0.25, -0.2) is 4.79 Å². The summed E-state index contributed by atoms with van der Waals surface area (Å²) in [6.45, 7) is 0.0741. The second kappa shape index (κ2) is 3.16. The number of fused-ring (bicyclic) bond motifs is 1. The first-order valence-corrected chi connectivity index (χ1v) is 4.37. The maximum atomic E-state index is 10.9. The van der Waals surface area contributed by atoms with Gasteiger partial charge in [-0.2, -0.15) is 0 Å². The van der Waals surface area contributed by atoms with Crippen LogP contribution in [0.4, 0.5) is 4.79 Å². The molecule has 74 valence electrons. The van der Waals surface area contributed by atoms with Gasteiger partial charge in [0.25, 0.3) is 0 Å². The van der Waals surface area contributed by atoms with Crippen LogP contribution in [-0.2, 0) is 9.47 Å². The highest BCUT2D eigenvalue weighted by Gasteiger charge is 2.50. The summed E-state index contributed by atoms with van der Waals surface area (Å²) in [6.07, 6.45) is -0.0529. The number of nitrogens with one attached hydrogen (secondary N) is 1. The van der Waals surface area contributed by atoms with E-state index in [1.807, 2.05) is 0 Å². The van der Waals surface area contributed by atoms with Crippen molar-refractivity contribution in [2.75, 3.05) is 13.7 Å². The molecule has 2 N–H and O–H groups in total. The monoisotopic (exact) mass is 187 g/mol. The van der Waals surface area contributed by atoms with Crippen molar-refractivity contribution >= 4 is 6.09 Å². The topological polar surface area (TPSA) is 67.8 Å². The van der Waals surface area contributed by atoms with Crippen LogP contribution >= 0.6 is 0 Å². The lowest BCUT2D eigenvalue weighted by atomic mass is 10.1. The maximum Gasteiger partial charge on any atom is 0.407 e. The molecule has 2 fully saturated rings. The zero-order valence-corrected chi connectivity index (χ0v) is 7.40. The Morgan fingerprint density at radius 3 is 3.15 bits per heavy atom. The van der Waals surface area contributed by atoms with Crippen LogP contribution in [0.3, 0.4) is 0 Å². The molecule has 0 spiro atoms. The van der Waals surface area contributed by atoms with Crippen LogP contribution in [-0.4, -0.2) is 43.2 Å². The van der Waals surface area contributed by atoms with Gasteiger partial charge in [0.1, 0.15) is 6.10 Å². The summed E-state index contributed by atoms with van der Waals surface area (Å²) in [5, 5.41) is 11.7. The number of ether oxygens (including phenoxy) is 2. The molecule has 0 aromatic carbocycles.